The second-order valence-corrected chi connectivity index (χ2v) is 9.35. The van der Waals surface area contributed by atoms with Gasteiger partial charge in [-0.2, -0.15) is 0 Å². The molecule has 2 heterocycles. The maximum atomic E-state index is 12.5. The molecule has 1 saturated heterocycles. The molecule has 3 aliphatic rings. The zero-order valence-electron chi connectivity index (χ0n) is 17.1. The van der Waals surface area contributed by atoms with Gasteiger partial charge in [0.1, 0.15) is 0 Å². The first-order chi connectivity index (χ1) is 14.2. The first-order valence-corrected chi connectivity index (χ1v) is 11.2. The van der Waals surface area contributed by atoms with Crippen molar-refractivity contribution >= 4 is 5.91 Å². The maximum absolute atomic E-state index is 12.5. The van der Waals surface area contributed by atoms with Gasteiger partial charge in [-0.25, -0.2) is 0 Å². The lowest BCUT2D eigenvalue weighted by atomic mass is 9.73. The number of pyridine rings is 1. The van der Waals surface area contributed by atoms with E-state index in [9.17, 15) is 4.79 Å². The fourth-order valence-corrected chi connectivity index (χ4v) is 5.44. The third-order valence-corrected chi connectivity index (χ3v) is 7.29. The Balaban J connectivity index is 1.25. The van der Waals surface area contributed by atoms with Crippen LogP contribution in [0.2, 0.25) is 0 Å². The van der Waals surface area contributed by atoms with Crippen molar-refractivity contribution < 1.29 is 4.79 Å². The molecule has 4 nitrogen and oxygen atoms in total. The van der Waals surface area contributed by atoms with Gasteiger partial charge in [0.2, 0.25) is 5.91 Å². The number of hydrogen-bond donors (Lipinski definition) is 1. The van der Waals surface area contributed by atoms with Crippen molar-refractivity contribution in [2.45, 2.75) is 56.4 Å². The lowest BCUT2D eigenvalue weighted by Crippen LogP contribution is -2.41. The average Bonchev–Trinajstić information content (AvgIpc) is 3.54. The van der Waals surface area contributed by atoms with E-state index < -0.39 is 0 Å². The second kappa shape index (κ2) is 7.91. The summed E-state index contributed by atoms with van der Waals surface area (Å²) in [5.74, 6) is 1.35. The topological polar surface area (TPSA) is 45.2 Å². The smallest absolute Gasteiger partial charge is 0.220 e. The molecule has 1 aromatic heterocycles. The summed E-state index contributed by atoms with van der Waals surface area (Å²) in [6, 6.07) is 13.2. The first kappa shape index (κ1) is 18.8. The van der Waals surface area contributed by atoms with Gasteiger partial charge in [0.05, 0.1) is 0 Å². The number of nitrogens with one attached hydrogen (secondary N) is 1. The predicted octanol–water partition coefficient (Wildman–Crippen LogP) is 4.02. The molecule has 2 fully saturated rings. The summed E-state index contributed by atoms with van der Waals surface area (Å²) in [6.45, 7) is 4.13. The van der Waals surface area contributed by atoms with Crippen molar-refractivity contribution in [2.75, 3.05) is 19.6 Å². The molecule has 1 aliphatic heterocycles. The van der Waals surface area contributed by atoms with Crippen molar-refractivity contribution in [1.82, 2.24) is 15.2 Å². The van der Waals surface area contributed by atoms with Crippen molar-refractivity contribution in [3.63, 3.8) is 0 Å². The summed E-state index contributed by atoms with van der Waals surface area (Å²) in [5, 5.41) is 3.18. The molecule has 2 aliphatic carbocycles. The minimum Gasteiger partial charge on any atom is -0.356 e. The summed E-state index contributed by atoms with van der Waals surface area (Å²) in [4.78, 5) is 19.2. The van der Waals surface area contributed by atoms with Crippen LogP contribution in [0.4, 0.5) is 0 Å². The highest BCUT2D eigenvalue weighted by Gasteiger charge is 2.45. The minimum absolute atomic E-state index is 0.240. The molecular weight excluding hydrogens is 358 g/mol. The Morgan fingerprint density at radius 1 is 1.10 bits per heavy atom. The summed E-state index contributed by atoms with van der Waals surface area (Å²) >= 11 is 0. The van der Waals surface area contributed by atoms with E-state index in [0.29, 0.717) is 12.3 Å². The summed E-state index contributed by atoms with van der Waals surface area (Å²) < 4.78 is 0. The second-order valence-electron chi connectivity index (χ2n) is 9.35. The van der Waals surface area contributed by atoms with Crippen LogP contribution in [0.25, 0.3) is 0 Å². The largest absolute Gasteiger partial charge is 0.356 e. The van der Waals surface area contributed by atoms with E-state index in [4.69, 9.17) is 0 Å². The number of carbonyl (C=O) groups excluding carboxylic acids is 1. The van der Waals surface area contributed by atoms with E-state index in [2.05, 4.69) is 51.6 Å². The van der Waals surface area contributed by atoms with Crippen LogP contribution >= 0.6 is 0 Å². The first-order valence-electron chi connectivity index (χ1n) is 11.2. The number of fused-ring (bicyclic) bond motifs is 2. The van der Waals surface area contributed by atoms with Crippen LogP contribution in [0.15, 0.2) is 48.8 Å². The molecule has 4 heteroatoms. The van der Waals surface area contributed by atoms with E-state index in [1.165, 1.54) is 42.4 Å². The van der Waals surface area contributed by atoms with Gasteiger partial charge in [0, 0.05) is 31.9 Å². The number of likely N-dealkylation sites (tertiary alicyclic amines) is 1. The highest BCUT2D eigenvalue weighted by atomic mass is 16.1. The Hall–Kier alpha value is -2.20. The van der Waals surface area contributed by atoms with Gasteiger partial charge in [0.15, 0.2) is 0 Å². The molecule has 1 aromatic carbocycles. The Labute approximate surface area is 173 Å². The molecular formula is C25H31N3O. The number of aromatic nitrogens is 1. The van der Waals surface area contributed by atoms with Gasteiger partial charge in [-0.05, 0) is 91.3 Å². The summed E-state index contributed by atoms with van der Waals surface area (Å²) in [6.07, 6.45) is 10.5. The quantitative estimate of drug-likeness (QED) is 0.812. The lowest BCUT2D eigenvalue weighted by Gasteiger charge is -2.40. The number of rotatable bonds is 6. The molecule has 0 unspecified atom stereocenters. The van der Waals surface area contributed by atoms with E-state index >= 15 is 0 Å². The molecule has 1 spiro atoms. The Morgan fingerprint density at radius 3 is 2.62 bits per heavy atom. The zero-order chi connectivity index (χ0) is 19.7. The lowest BCUT2D eigenvalue weighted by molar-refractivity contribution is -0.121. The van der Waals surface area contributed by atoms with Crippen LogP contribution < -0.4 is 5.32 Å². The van der Waals surface area contributed by atoms with E-state index in [1.807, 2.05) is 12.4 Å². The third-order valence-electron chi connectivity index (χ3n) is 7.29. The fourth-order valence-electron chi connectivity index (χ4n) is 5.44. The number of hydrogen-bond acceptors (Lipinski definition) is 3. The average molecular weight is 390 g/mol. The van der Waals surface area contributed by atoms with Gasteiger partial charge < -0.3 is 5.32 Å². The molecule has 1 saturated carbocycles. The van der Waals surface area contributed by atoms with Crippen LogP contribution in [0.1, 0.15) is 61.1 Å². The van der Waals surface area contributed by atoms with E-state index in [1.54, 1.807) is 0 Å². The number of benzene rings is 1. The molecule has 1 N–H and O–H groups in total. The zero-order valence-corrected chi connectivity index (χ0v) is 17.1. The highest BCUT2D eigenvalue weighted by molar-refractivity contribution is 5.77. The summed E-state index contributed by atoms with van der Waals surface area (Å²) in [5.41, 5.74) is 4.54. The Morgan fingerprint density at radius 2 is 1.86 bits per heavy atom. The number of piperidine rings is 1. The molecule has 0 bridgehead atoms. The molecule has 1 atom stereocenters. The SMILES string of the molecule is O=C(C[C@@H]1CC2(CCN(Cc3ccncc3)CC2)c2ccccc21)NCC1CC1. The third kappa shape index (κ3) is 4.09. The van der Waals surface area contributed by atoms with Crippen LogP contribution in [0.3, 0.4) is 0 Å². The van der Waals surface area contributed by atoms with Crippen LogP contribution in [0.5, 0.6) is 0 Å². The number of nitrogens with zero attached hydrogens (tertiary/aromatic N) is 2. The normalized spacial score (nSPS) is 23.1. The molecule has 0 radical (unpaired) electrons. The molecule has 152 valence electrons. The van der Waals surface area contributed by atoms with Crippen molar-refractivity contribution in [3.05, 3.63) is 65.5 Å². The molecule has 5 rings (SSSR count). The van der Waals surface area contributed by atoms with Gasteiger partial charge >= 0.3 is 0 Å². The van der Waals surface area contributed by atoms with Crippen LogP contribution in [-0.4, -0.2) is 35.4 Å². The Bertz CT molecular complexity index is 853. The van der Waals surface area contributed by atoms with Crippen LogP contribution in [-0.2, 0) is 16.8 Å². The molecule has 2 aromatic rings. The standard InChI is InChI=1S/C25H31N3O/c29-24(27-17-19-5-6-19)15-21-16-25(23-4-2-1-3-22(21)23)9-13-28(14-10-25)18-20-7-11-26-12-8-20/h1-4,7-8,11-12,19,21H,5-6,9-10,13-18H2,(H,27,29)/t21-/m1/s1. The van der Waals surface area contributed by atoms with Gasteiger partial charge in [-0.15, -0.1) is 0 Å². The molecule has 29 heavy (non-hydrogen) atoms. The van der Waals surface area contributed by atoms with Crippen molar-refractivity contribution in [3.8, 4) is 0 Å². The van der Waals surface area contributed by atoms with Crippen LogP contribution in [0, 0.1) is 5.92 Å². The fraction of sp³-hybridized carbons (Fsp3) is 0.520. The summed E-state index contributed by atoms with van der Waals surface area (Å²) in [7, 11) is 0. The minimum atomic E-state index is 0.240. The predicted molar refractivity (Wildman–Crippen MR) is 115 cm³/mol. The monoisotopic (exact) mass is 389 g/mol. The van der Waals surface area contributed by atoms with E-state index in [-0.39, 0.29) is 11.3 Å². The number of carbonyl (C=O) groups is 1. The van der Waals surface area contributed by atoms with Gasteiger partial charge in [-0.3, -0.25) is 14.7 Å². The van der Waals surface area contributed by atoms with E-state index in [0.717, 1.165) is 38.5 Å². The molecule has 1 amide bonds. The van der Waals surface area contributed by atoms with Gasteiger partial charge in [0.25, 0.3) is 0 Å². The number of amides is 1. The maximum Gasteiger partial charge on any atom is 0.220 e. The van der Waals surface area contributed by atoms with Crippen molar-refractivity contribution in [1.29, 1.82) is 0 Å². The van der Waals surface area contributed by atoms with Gasteiger partial charge in [-0.1, -0.05) is 24.3 Å². The highest BCUT2D eigenvalue weighted by Crippen LogP contribution is 2.52. The van der Waals surface area contributed by atoms with Crippen molar-refractivity contribution in [2.24, 2.45) is 5.92 Å². The Kier molecular flexibility index (Phi) is 5.13.